The summed E-state index contributed by atoms with van der Waals surface area (Å²) in [5.41, 5.74) is 2.64. The van der Waals surface area contributed by atoms with Crippen molar-refractivity contribution in [3.8, 4) is 5.75 Å². The zero-order valence-corrected chi connectivity index (χ0v) is 13.4. The van der Waals surface area contributed by atoms with Crippen LogP contribution in [0.5, 0.6) is 5.75 Å². The molecule has 124 valence electrons. The lowest BCUT2D eigenvalue weighted by molar-refractivity contribution is 0.102. The van der Waals surface area contributed by atoms with Gasteiger partial charge in [-0.2, -0.15) is 5.10 Å². The molecule has 23 heavy (non-hydrogen) atoms. The molecule has 2 heterocycles. The maximum absolute atomic E-state index is 13.3. The molecular formula is C15H18ClFN4O2. The van der Waals surface area contributed by atoms with E-state index in [0.717, 1.165) is 24.2 Å². The summed E-state index contributed by atoms with van der Waals surface area (Å²) in [5.74, 6) is -0.449. The van der Waals surface area contributed by atoms with Crippen LogP contribution in [0.2, 0.25) is 0 Å². The first-order valence-corrected chi connectivity index (χ1v) is 7.19. The van der Waals surface area contributed by atoms with Crippen molar-refractivity contribution in [2.75, 3.05) is 18.5 Å². The number of amides is 1. The number of hydrogen-bond donors (Lipinski definition) is 3. The summed E-state index contributed by atoms with van der Waals surface area (Å²) in [7, 11) is 0. The molecular weight excluding hydrogens is 323 g/mol. The van der Waals surface area contributed by atoms with Gasteiger partial charge in [-0.25, -0.2) is 4.39 Å². The molecule has 0 unspecified atom stereocenters. The van der Waals surface area contributed by atoms with Crippen molar-refractivity contribution in [2.45, 2.75) is 19.9 Å². The number of anilines is 1. The number of H-pyrrole nitrogens is 1. The Balaban J connectivity index is 0.00000192. The topological polar surface area (TPSA) is 79.0 Å². The lowest BCUT2D eigenvalue weighted by Crippen LogP contribution is -2.25. The number of nitrogens with one attached hydrogen (secondary N) is 3. The SMILES string of the molecule is CCOc1cc(F)ccc1NC(=O)c1n[nH]c2c1CNCC2.Cl. The van der Waals surface area contributed by atoms with Crippen LogP contribution in [0.15, 0.2) is 18.2 Å². The number of fused-ring (bicyclic) bond motifs is 1. The highest BCUT2D eigenvalue weighted by atomic mass is 35.5. The van der Waals surface area contributed by atoms with E-state index >= 15 is 0 Å². The molecule has 1 amide bonds. The molecule has 0 aliphatic carbocycles. The van der Waals surface area contributed by atoms with Crippen molar-refractivity contribution >= 4 is 24.0 Å². The van der Waals surface area contributed by atoms with Crippen molar-refractivity contribution in [3.63, 3.8) is 0 Å². The molecule has 3 N–H and O–H groups in total. The van der Waals surface area contributed by atoms with Gasteiger partial charge in [-0.05, 0) is 19.1 Å². The maximum Gasteiger partial charge on any atom is 0.276 e. The van der Waals surface area contributed by atoms with E-state index in [4.69, 9.17) is 4.74 Å². The summed E-state index contributed by atoms with van der Waals surface area (Å²) < 4.78 is 18.6. The molecule has 6 nitrogen and oxygen atoms in total. The number of aromatic amines is 1. The van der Waals surface area contributed by atoms with E-state index in [1.807, 2.05) is 0 Å². The molecule has 0 saturated carbocycles. The molecule has 3 rings (SSSR count). The van der Waals surface area contributed by atoms with E-state index in [9.17, 15) is 9.18 Å². The van der Waals surface area contributed by atoms with Gasteiger partial charge in [-0.1, -0.05) is 0 Å². The van der Waals surface area contributed by atoms with E-state index in [-0.39, 0.29) is 18.3 Å². The maximum atomic E-state index is 13.3. The van der Waals surface area contributed by atoms with E-state index < -0.39 is 5.82 Å². The minimum Gasteiger partial charge on any atom is -0.492 e. The summed E-state index contributed by atoms with van der Waals surface area (Å²) in [4.78, 5) is 12.4. The normalized spacial score (nSPS) is 13.0. The number of hydrogen-bond acceptors (Lipinski definition) is 4. The predicted octanol–water partition coefficient (Wildman–Crippen LogP) is 2.27. The average molecular weight is 341 g/mol. The molecule has 1 aromatic heterocycles. The largest absolute Gasteiger partial charge is 0.492 e. The van der Waals surface area contributed by atoms with Crippen molar-refractivity contribution < 1.29 is 13.9 Å². The summed E-state index contributed by atoms with van der Waals surface area (Å²) in [5, 5.41) is 12.9. The monoisotopic (exact) mass is 340 g/mol. The lowest BCUT2D eigenvalue weighted by atomic mass is 10.1. The molecule has 1 aromatic carbocycles. The Kier molecular flexibility index (Phi) is 5.57. The van der Waals surface area contributed by atoms with Gasteiger partial charge in [0.05, 0.1) is 12.3 Å². The average Bonchev–Trinajstić information content (AvgIpc) is 2.94. The summed E-state index contributed by atoms with van der Waals surface area (Å²) in [6, 6.07) is 4.01. The third-order valence-corrected chi connectivity index (χ3v) is 3.51. The van der Waals surface area contributed by atoms with Gasteiger partial charge < -0.3 is 15.4 Å². The van der Waals surface area contributed by atoms with Crippen molar-refractivity contribution in [1.29, 1.82) is 0 Å². The van der Waals surface area contributed by atoms with Crippen LogP contribution >= 0.6 is 12.4 Å². The van der Waals surface area contributed by atoms with E-state index in [1.54, 1.807) is 6.92 Å². The molecule has 0 fully saturated rings. The third kappa shape index (κ3) is 3.62. The van der Waals surface area contributed by atoms with Crippen LogP contribution in [-0.4, -0.2) is 29.3 Å². The minimum absolute atomic E-state index is 0. The summed E-state index contributed by atoms with van der Waals surface area (Å²) in [6.45, 7) is 3.65. The van der Waals surface area contributed by atoms with Crippen molar-refractivity contribution in [2.24, 2.45) is 0 Å². The Morgan fingerprint density at radius 2 is 2.30 bits per heavy atom. The van der Waals surface area contributed by atoms with Gasteiger partial charge >= 0.3 is 0 Å². The number of halogens is 2. The zero-order chi connectivity index (χ0) is 15.5. The highest BCUT2D eigenvalue weighted by Crippen LogP contribution is 2.26. The molecule has 0 atom stereocenters. The second-order valence-corrected chi connectivity index (χ2v) is 4.98. The predicted molar refractivity (Wildman–Crippen MR) is 86.8 cm³/mol. The molecule has 0 spiro atoms. The minimum atomic E-state index is -0.414. The number of rotatable bonds is 4. The first-order chi connectivity index (χ1) is 10.7. The Morgan fingerprint density at radius 3 is 3.09 bits per heavy atom. The van der Waals surface area contributed by atoms with Gasteiger partial charge in [0, 0.05) is 36.8 Å². The fourth-order valence-corrected chi connectivity index (χ4v) is 2.47. The Hall–Kier alpha value is -2.12. The number of carbonyl (C=O) groups excluding carboxylic acids is 1. The number of carbonyl (C=O) groups is 1. The van der Waals surface area contributed by atoms with Gasteiger partial charge in [0.15, 0.2) is 5.69 Å². The van der Waals surface area contributed by atoms with Gasteiger partial charge in [0.25, 0.3) is 5.91 Å². The Morgan fingerprint density at radius 1 is 1.48 bits per heavy atom. The van der Waals surface area contributed by atoms with Gasteiger partial charge in [-0.15, -0.1) is 12.4 Å². The van der Waals surface area contributed by atoms with Crippen molar-refractivity contribution in [3.05, 3.63) is 41.0 Å². The lowest BCUT2D eigenvalue weighted by Gasteiger charge is -2.14. The van der Waals surface area contributed by atoms with Crippen LogP contribution < -0.4 is 15.4 Å². The Labute approximate surface area is 139 Å². The van der Waals surface area contributed by atoms with Gasteiger partial charge in [0.2, 0.25) is 0 Å². The fraction of sp³-hybridized carbons (Fsp3) is 0.333. The van der Waals surface area contributed by atoms with Gasteiger partial charge in [-0.3, -0.25) is 9.89 Å². The van der Waals surface area contributed by atoms with Crippen molar-refractivity contribution in [1.82, 2.24) is 15.5 Å². The third-order valence-electron chi connectivity index (χ3n) is 3.51. The van der Waals surface area contributed by atoms with Crippen LogP contribution in [0.3, 0.4) is 0 Å². The molecule has 0 bridgehead atoms. The first kappa shape index (κ1) is 17.2. The molecule has 2 aromatic rings. The highest BCUT2D eigenvalue weighted by Gasteiger charge is 2.22. The second-order valence-electron chi connectivity index (χ2n) is 4.98. The quantitative estimate of drug-likeness (QED) is 0.797. The van der Waals surface area contributed by atoms with E-state index in [2.05, 4.69) is 20.8 Å². The fourth-order valence-electron chi connectivity index (χ4n) is 2.47. The van der Waals surface area contributed by atoms with Crippen LogP contribution in [0.1, 0.15) is 28.7 Å². The summed E-state index contributed by atoms with van der Waals surface area (Å²) >= 11 is 0. The first-order valence-electron chi connectivity index (χ1n) is 7.19. The second kappa shape index (κ2) is 7.43. The number of benzene rings is 1. The Bertz CT molecular complexity index is 705. The number of aromatic nitrogens is 2. The standard InChI is InChI=1S/C15H17FN4O2.ClH/c1-2-22-13-7-9(16)3-4-12(13)18-15(21)14-10-8-17-6-5-11(10)19-20-14;/h3-4,7,17H,2,5-6,8H2,1H3,(H,18,21)(H,19,20);1H. The zero-order valence-electron chi connectivity index (χ0n) is 12.6. The molecule has 1 aliphatic heterocycles. The molecule has 8 heteroatoms. The van der Waals surface area contributed by atoms with Crippen LogP contribution in [0, 0.1) is 5.82 Å². The molecule has 1 aliphatic rings. The summed E-state index contributed by atoms with van der Waals surface area (Å²) in [6.07, 6.45) is 0.816. The van der Waals surface area contributed by atoms with Crippen LogP contribution in [0.4, 0.5) is 10.1 Å². The number of ether oxygens (including phenoxy) is 1. The van der Waals surface area contributed by atoms with Gasteiger partial charge in [0.1, 0.15) is 11.6 Å². The molecule has 0 radical (unpaired) electrons. The smallest absolute Gasteiger partial charge is 0.276 e. The molecule has 0 saturated heterocycles. The highest BCUT2D eigenvalue weighted by molar-refractivity contribution is 6.04. The van der Waals surface area contributed by atoms with Crippen LogP contribution in [-0.2, 0) is 13.0 Å². The van der Waals surface area contributed by atoms with Crippen LogP contribution in [0.25, 0.3) is 0 Å². The number of nitrogens with zero attached hydrogens (tertiary/aromatic N) is 1. The van der Waals surface area contributed by atoms with E-state index in [0.29, 0.717) is 30.3 Å². The van der Waals surface area contributed by atoms with E-state index in [1.165, 1.54) is 18.2 Å².